The summed E-state index contributed by atoms with van der Waals surface area (Å²) >= 11 is 5.84. The van der Waals surface area contributed by atoms with Gasteiger partial charge in [-0.3, -0.25) is 4.79 Å². The molecule has 2 rings (SSSR count). The molecular formula is C19H17ClFNO5. The topological polar surface area (TPSA) is 84.9 Å². The zero-order valence-electron chi connectivity index (χ0n) is 14.5. The number of methoxy groups -OCH3 is 1. The number of nitrogens with one attached hydrogen (secondary N) is 1. The second-order valence-corrected chi connectivity index (χ2v) is 5.86. The van der Waals surface area contributed by atoms with E-state index in [4.69, 9.17) is 21.1 Å². The summed E-state index contributed by atoms with van der Waals surface area (Å²) in [5.41, 5.74) is 0.800. The summed E-state index contributed by atoms with van der Waals surface area (Å²) in [6, 6.07) is 8.05. The number of carbonyl (C=O) groups is 2. The molecule has 0 fully saturated rings. The van der Waals surface area contributed by atoms with Crippen molar-refractivity contribution < 1.29 is 28.6 Å². The summed E-state index contributed by atoms with van der Waals surface area (Å²) in [6.45, 7) is 1.39. The van der Waals surface area contributed by atoms with Crippen LogP contribution in [0.4, 0.5) is 10.1 Å². The molecule has 1 unspecified atom stereocenters. The van der Waals surface area contributed by atoms with Gasteiger partial charge >= 0.3 is 5.97 Å². The number of benzene rings is 2. The standard InChI is InChI=1S/C19H17ClFNO5/c1-11(19(25)22-15-6-5-13(21)10-14(15)20)27-18(24)8-4-12-3-7-16(23)17(9-12)26-2/h3-11,23H,1-2H3,(H,22,25)/b8-4+. The van der Waals surface area contributed by atoms with Crippen molar-refractivity contribution in [1.29, 1.82) is 0 Å². The number of rotatable bonds is 6. The molecule has 1 amide bonds. The van der Waals surface area contributed by atoms with E-state index < -0.39 is 23.8 Å². The van der Waals surface area contributed by atoms with E-state index in [-0.39, 0.29) is 22.2 Å². The van der Waals surface area contributed by atoms with E-state index in [0.717, 1.165) is 18.2 Å². The maximum atomic E-state index is 13.0. The second kappa shape index (κ2) is 9.05. The molecule has 0 bridgehead atoms. The average Bonchev–Trinajstić information content (AvgIpc) is 2.63. The van der Waals surface area contributed by atoms with E-state index in [2.05, 4.69) is 5.32 Å². The van der Waals surface area contributed by atoms with Crippen molar-refractivity contribution in [1.82, 2.24) is 0 Å². The Morgan fingerprint density at radius 2 is 2.00 bits per heavy atom. The Bertz CT molecular complexity index is 884. The summed E-state index contributed by atoms with van der Waals surface area (Å²) in [4.78, 5) is 23.9. The van der Waals surface area contributed by atoms with Gasteiger partial charge in [-0.1, -0.05) is 17.7 Å². The summed E-state index contributed by atoms with van der Waals surface area (Å²) < 4.78 is 23.0. The fraction of sp³-hybridized carbons (Fsp3) is 0.158. The molecule has 0 aromatic heterocycles. The Morgan fingerprint density at radius 3 is 2.67 bits per heavy atom. The number of phenols is 1. The van der Waals surface area contributed by atoms with Gasteiger partial charge < -0.3 is 19.9 Å². The highest BCUT2D eigenvalue weighted by molar-refractivity contribution is 6.33. The van der Waals surface area contributed by atoms with Crippen LogP contribution in [-0.4, -0.2) is 30.2 Å². The van der Waals surface area contributed by atoms with Crippen molar-refractivity contribution in [3.05, 3.63) is 58.9 Å². The summed E-state index contributed by atoms with van der Waals surface area (Å²) in [7, 11) is 1.41. The number of hydrogen-bond acceptors (Lipinski definition) is 5. The lowest BCUT2D eigenvalue weighted by Crippen LogP contribution is -2.29. The molecule has 142 valence electrons. The zero-order valence-corrected chi connectivity index (χ0v) is 15.3. The summed E-state index contributed by atoms with van der Waals surface area (Å²) in [5.74, 6) is -1.66. The number of amides is 1. The minimum absolute atomic E-state index is 0.0260. The van der Waals surface area contributed by atoms with Crippen LogP contribution in [0.25, 0.3) is 6.08 Å². The third kappa shape index (κ3) is 5.72. The minimum atomic E-state index is -1.10. The predicted molar refractivity (Wildman–Crippen MR) is 99.3 cm³/mol. The molecule has 6 nitrogen and oxygen atoms in total. The molecular weight excluding hydrogens is 377 g/mol. The molecule has 27 heavy (non-hydrogen) atoms. The Labute approximate surface area is 160 Å². The minimum Gasteiger partial charge on any atom is -0.504 e. The normalized spacial score (nSPS) is 11.9. The smallest absolute Gasteiger partial charge is 0.331 e. The van der Waals surface area contributed by atoms with Crippen molar-refractivity contribution in [3.8, 4) is 11.5 Å². The lowest BCUT2D eigenvalue weighted by molar-refractivity contribution is -0.148. The first-order chi connectivity index (χ1) is 12.8. The van der Waals surface area contributed by atoms with Crippen LogP contribution in [-0.2, 0) is 14.3 Å². The first-order valence-electron chi connectivity index (χ1n) is 7.81. The molecule has 2 aromatic carbocycles. The Balaban J connectivity index is 1.95. The van der Waals surface area contributed by atoms with Crippen molar-refractivity contribution in [3.63, 3.8) is 0 Å². The molecule has 0 saturated carbocycles. The van der Waals surface area contributed by atoms with E-state index >= 15 is 0 Å². The van der Waals surface area contributed by atoms with Crippen molar-refractivity contribution in [2.75, 3.05) is 12.4 Å². The zero-order chi connectivity index (χ0) is 20.0. The highest BCUT2D eigenvalue weighted by atomic mass is 35.5. The van der Waals surface area contributed by atoms with Gasteiger partial charge in [0.1, 0.15) is 5.82 Å². The van der Waals surface area contributed by atoms with Crippen LogP contribution in [0.1, 0.15) is 12.5 Å². The van der Waals surface area contributed by atoms with Crippen molar-refractivity contribution in [2.24, 2.45) is 0 Å². The molecule has 0 heterocycles. The molecule has 2 aromatic rings. The molecule has 0 aliphatic rings. The number of halogens is 2. The third-order valence-electron chi connectivity index (χ3n) is 3.47. The summed E-state index contributed by atoms with van der Waals surface area (Å²) in [6.07, 6.45) is 1.49. The van der Waals surface area contributed by atoms with Crippen LogP contribution in [0.2, 0.25) is 5.02 Å². The second-order valence-electron chi connectivity index (χ2n) is 5.46. The quantitative estimate of drug-likeness (QED) is 0.576. The van der Waals surface area contributed by atoms with Crippen molar-refractivity contribution in [2.45, 2.75) is 13.0 Å². The molecule has 0 spiro atoms. The van der Waals surface area contributed by atoms with Gasteiger partial charge in [-0.25, -0.2) is 9.18 Å². The highest BCUT2D eigenvalue weighted by Crippen LogP contribution is 2.26. The number of esters is 1. The average molecular weight is 394 g/mol. The molecule has 1 atom stereocenters. The van der Waals surface area contributed by atoms with Crippen LogP contribution in [0, 0.1) is 5.82 Å². The number of carbonyl (C=O) groups excluding carboxylic acids is 2. The number of anilines is 1. The maximum Gasteiger partial charge on any atom is 0.331 e. The molecule has 2 N–H and O–H groups in total. The number of ether oxygens (including phenoxy) is 2. The number of phenolic OH excluding ortho intramolecular Hbond substituents is 1. The fourth-order valence-corrected chi connectivity index (χ4v) is 2.27. The Morgan fingerprint density at radius 1 is 1.26 bits per heavy atom. The lowest BCUT2D eigenvalue weighted by atomic mass is 10.2. The van der Waals surface area contributed by atoms with Gasteiger partial charge in [0, 0.05) is 6.08 Å². The Hall–Kier alpha value is -3.06. The van der Waals surface area contributed by atoms with E-state index in [0.29, 0.717) is 5.56 Å². The number of aromatic hydroxyl groups is 1. The fourth-order valence-electron chi connectivity index (χ4n) is 2.05. The van der Waals surface area contributed by atoms with Crippen LogP contribution in [0.15, 0.2) is 42.5 Å². The molecule has 0 saturated heterocycles. The van der Waals surface area contributed by atoms with Crippen LogP contribution in [0.3, 0.4) is 0 Å². The largest absolute Gasteiger partial charge is 0.504 e. The first kappa shape index (κ1) is 20.3. The molecule has 0 aliphatic heterocycles. The van der Waals surface area contributed by atoms with Crippen LogP contribution >= 0.6 is 11.6 Å². The van der Waals surface area contributed by atoms with Crippen molar-refractivity contribution >= 4 is 35.2 Å². The van der Waals surface area contributed by atoms with Gasteiger partial charge in [-0.2, -0.15) is 0 Å². The van der Waals surface area contributed by atoms with Gasteiger partial charge in [-0.05, 0) is 48.9 Å². The molecule has 0 radical (unpaired) electrons. The first-order valence-corrected chi connectivity index (χ1v) is 8.19. The van der Waals surface area contributed by atoms with Gasteiger partial charge in [0.25, 0.3) is 5.91 Å². The molecule has 8 heteroatoms. The number of hydrogen-bond donors (Lipinski definition) is 2. The Kier molecular flexibility index (Phi) is 6.79. The van der Waals surface area contributed by atoms with Gasteiger partial charge in [0.2, 0.25) is 0 Å². The van der Waals surface area contributed by atoms with E-state index in [1.165, 1.54) is 38.3 Å². The maximum absolute atomic E-state index is 13.0. The SMILES string of the molecule is COc1cc(/C=C/C(=O)OC(C)C(=O)Nc2ccc(F)cc2Cl)ccc1O. The molecule has 0 aliphatic carbocycles. The predicted octanol–water partition coefficient (Wildman–Crippen LogP) is 3.78. The lowest BCUT2D eigenvalue weighted by Gasteiger charge is -2.13. The van der Waals surface area contributed by atoms with E-state index in [1.807, 2.05) is 0 Å². The van der Waals surface area contributed by atoms with E-state index in [9.17, 15) is 19.1 Å². The highest BCUT2D eigenvalue weighted by Gasteiger charge is 2.18. The monoisotopic (exact) mass is 393 g/mol. The van der Waals surface area contributed by atoms with Crippen LogP contribution < -0.4 is 10.1 Å². The van der Waals surface area contributed by atoms with Gasteiger partial charge in [-0.15, -0.1) is 0 Å². The van der Waals surface area contributed by atoms with E-state index in [1.54, 1.807) is 6.07 Å². The van der Waals surface area contributed by atoms with Gasteiger partial charge in [0.15, 0.2) is 17.6 Å². The summed E-state index contributed by atoms with van der Waals surface area (Å²) in [5, 5.41) is 12.0. The van der Waals surface area contributed by atoms with Crippen LogP contribution in [0.5, 0.6) is 11.5 Å². The van der Waals surface area contributed by atoms with Gasteiger partial charge in [0.05, 0.1) is 17.8 Å². The third-order valence-corrected chi connectivity index (χ3v) is 3.78.